The average molecular weight is 240 g/mol. The summed E-state index contributed by atoms with van der Waals surface area (Å²) >= 11 is 0. The minimum atomic E-state index is 0.956. The van der Waals surface area contributed by atoms with E-state index in [4.69, 9.17) is 0 Å². The zero-order valence-electron chi connectivity index (χ0n) is 12.0. The van der Waals surface area contributed by atoms with E-state index in [0.717, 1.165) is 5.92 Å². The zero-order chi connectivity index (χ0) is 12.3. The SMILES string of the molecule is CCCCCCCNCCN1CCC(C)CC1. The van der Waals surface area contributed by atoms with Crippen molar-refractivity contribution in [3.8, 4) is 0 Å². The summed E-state index contributed by atoms with van der Waals surface area (Å²) in [5.41, 5.74) is 0. The average Bonchev–Trinajstić information content (AvgIpc) is 2.35. The molecule has 2 heteroatoms. The normalized spacial score (nSPS) is 18.7. The number of hydrogen-bond donors (Lipinski definition) is 1. The summed E-state index contributed by atoms with van der Waals surface area (Å²) in [6.07, 6.45) is 9.74. The van der Waals surface area contributed by atoms with Crippen molar-refractivity contribution in [3.05, 3.63) is 0 Å². The Morgan fingerprint density at radius 1 is 1.00 bits per heavy atom. The van der Waals surface area contributed by atoms with Crippen LogP contribution in [0.5, 0.6) is 0 Å². The number of nitrogens with zero attached hydrogens (tertiary/aromatic N) is 1. The highest BCUT2D eigenvalue weighted by Crippen LogP contribution is 2.15. The van der Waals surface area contributed by atoms with Crippen molar-refractivity contribution in [1.29, 1.82) is 0 Å². The topological polar surface area (TPSA) is 15.3 Å². The van der Waals surface area contributed by atoms with Gasteiger partial charge in [-0.15, -0.1) is 0 Å². The maximum Gasteiger partial charge on any atom is 0.0107 e. The molecule has 0 aromatic rings. The third kappa shape index (κ3) is 7.77. The number of hydrogen-bond acceptors (Lipinski definition) is 2. The smallest absolute Gasteiger partial charge is 0.0107 e. The van der Waals surface area contributed by atoms with E-state index in [9.17, 15) is 0 Å². The predicted molar refractivity (Wildman–Crippen MR) is 76.5 cm³/mol. The molecule has 1 N–H and O–H groups in total. The lowest BCUT2D eigenvalue weighted by Crippen LogP contribution is -2.37. The molecule has 0 spiro atoms. The molecule has 0 saturated carbocycles. The third-order valence-corrected chi connectivity index (χ3v) is 3.94. The van der Waals surface area contributed by atoms with Crippen LogP contribution in [0, 0.1) is 5.92 Å². The molecule has 102 valence electrons. The molecule has 0 bridgehead atoms. The minimum Gasteiger partial charge on any atom is -0.315 e. The van der Waals surface area contributed by atoms with Crippen LogP contribution in [0.4, 0.5) is 0 Å². The van der Waals surface area contributed by atoms with Crippen LogP contribution in [-0.2, 0) is 0 Å². The monoisotopic (exact) mass is 240 g/mol. The second-order valence-corrected chi connectivity index (χ2v) is 5.69. The van der Waals surface area contributed by atoms with E-state index in [-0.39, 0.29) is 0 Å². The molecule has 1 rings (SSSR count). The quantitative estimate of drug-likeness (QED) is 0.622. The van der Waals surface area contributed by atoms with Crippen LogP contribution < -0.4 is 5.32 Å². The van der Waals surface area contributed by atoms with E-state index in [1.54, 1.807) is 0 Å². The van der Waals surface area contributed by atoms with Crippen LogP contribution in [0.15, 0.2) is 0 Å². The Bertz CT molecular complexity index is 162. The van der Waals surface area contributed by atoms with Gasteiger partial charge in [-0.2, -0.15) is 0 Å². The van der Waals surface area contributed by atoms with Crippen LogP contribution >= 0.6 is 0 Å². The van der Waals surface area contributed by atoms with Crippen LogP contribution in [0.25, 0.3) is 0 Å². The fourth-order valence-electron chi connectivity index (χ4n) is 2.50. The molecule has 2 nitrogen and oxygen atoms in total. The van der Waals surface area contributed by atoms with Gasteiger partial charge in [0.25, 0.3) is 0 Å². The number of unbranched alkanes of at least 4 members (excludes halogenated alkanes) is 4. The van der Waals surface area contributed by atoms with Crippen molar-refractivity contribution in [2.75, 3.05) is 32.7 Å². The molecule has 0 aromatic heterocycles. The van der Waals surface area contributed by atoms with Crippen LogP contribution in [0.3, 0.4) is 0 Å². The summed E-state index contributed by atoms with van der Waals surface area (Å²) in [5, 5.41) is 3.58. The third-order valence-electron chi connectivity index (χ3n) is 3.94. The van der Waals surface area contributed by atoms with Crippen molar-refractivity contribution in [2.24, 2.45) is 5.92 Å². The van der Waals surface area contributed by atoms with Gasteiger partial charge in [0.2, 0.25) is 0 Å². The summed E-state index contributed by atoms with van der Waals surface area (Å²) in [6.45, 7) is 10.9. The molecule has 1 aliphatic heterocycles. The van der Waals surface area contributed by atoms with Crippen LogP contribution in [0.2, 0.25) is 0 Å². The van der Waals surface area contributed by atoms with Gasteiger partial charge < -0.3 is 10.2 Å². The first-order valence-corrected chi connectivity index (χ1v) is 7.76. The Morgan fingerprint density at radius 3 is 2.41 bits per heavy atom. The summed E-state index contributed by atoms with van der Waals surface area (Å²) in [7, 11) is 0. The van der Waals surface area contributed by atoms with Gasteiger partial charge in [0.05, 0.1) is 0 Å². The number of piperidine rings is 1. The van der Waals surface area contributed by atoms with Crippen LogP contribution in [-0.4, -0.2) is 37.6 Å². The van der Waals surface area contributed by atoms with Gasteiger partial charge in [-0.05, 0) is 44.8 Å². The maximum atomic E-state index is 3.58. The summed E-state index contributed by atoms with van der Waals surface area (Å²) in [4.78, 5) is 2.62. The molecule has 1 fully saturated rings. The standard InChI is InChI=1S/C15H32N2/c1-3-4-5-6-7-10-16-11-14-17-12-8-15(2)9-13-17/h15-16H,3-14H2,1-2H3. The second-order valence-electron chi connectivity index (χ2n) is 5.69. The van der Waals surface area contributed by atoms with Gasteiger partial charge in [0.1, 0.15) is 0 Å². The van der Waals surface area contributed by atoms with Crippen molar-refractivity contribution in [1.82, 2.24) is 10.2 Å². The molecule has 0 radical (unpaired) electrons. The van der Waals surface area contributed by atoms with E-state index >= 15 is 0 Å². The first-order chi connectivity index (χ1) is 8.33. The molecule has 1 aliphatic rings. The predicted octanol–water partition coefficient (Wildman–Crippen LogP) is 3.28. The summed E-state index contributed by atoms with van der Waals surface area (Å²) in [5.74, 6) is 0.956. The fraction of sp³-hybridized carbons (Fsp3) is 1.00. The van der Waals surface area contributed by atoms with E-state index in [2.05, 4.69) is 24.1 Å². The minimum absolute atomic E-state index is 0.956. The Balaban J connectivity index is 1.81. The van der Waals surface area contributed by atoms with E-state index in [1.807, 2.05) is 0 Å². The van der Waals surface area contributed by atoms with Gasteiger partial charge in [-0.25, -0.2) is 0 Å². The fourth-order valence-corrected chi connectivity index (χ4v) is 2.50. The molecular formula is C15H32N2. The number of likely N-dealkylation sites (tertiary alicyclic amines) is 1. The highest BCUT2D eigenvalue weighted by molar-refractivity contribution is 4.69. The van der Waals surface area contributed by atoms with Gasteiger partial charge in [-0.3, -0.25) is 0 Å². The van der Waals surface area contributed by atoms with E-state index in [1.165, 1.54) is 77.7 Å². The first kappa shape index (κ1) is 15.0. The molecule has 0 aromatic carbocycles. The summed E-state index contributed by atoms with van der Waals surface area (Å²) in [6, 6.07) is 0. The van der Waals surface area contributed by atoms with E-state index < -0.39 is 0 Å². The molecule has 0 atom stereocenters. The lowest BCUT2D eigenvalue weighted by atomic mass is 9.99. The second kappa shape index (κ2) is 9.90. The largest absolute Gasteiger partial charge is 0.315 e. The van der Waals surface area contributed by atoms with Crippen molar-refractivity contribution >= 4 is 0 Å². The Kier molecular flexibility index (Phi) is 8.72. The molecule has 1 saturated heterocycles. The highest BCUT2D eigenvalue weighted by Gasteiger charge is 2.14. The lowest BCUT2D eigenvalue weighted by molar-refractivity contribution is 0.193. The van der Waals surface area contributed by atoms with E-state index in [0.29, 0.717) is 0 Å². The Hall–Kier alpha value is -0.0800. The Morgan fingerprint density at radius 2 is 1.71 bits per heavy atom. The van der Waals surface area contributed by atoms with Crippen molar-refractivity contribution < 1.29 is 0 Å². The molecule has 0 aliphatic carbocycles. The molecule has 0 unspecified atom stereocenters. The first-order valence-electron chi connectivity index (χ1n) is 7.76. The highest BCUT2D eigenvalue weighted by atomic mass is 15.1. The molecular weight excluding hydrogens is 208 g/mol. The van der Waals surface area contributed by atoms with Crippen LogP contribution in [0.1, 0.15) is 58.8 Å². The van der Waals surface area contributed by atoms with Gasteiger partial charge in [0, 0.05) is 13.1 Å². The van der Waals surface area contributed by atoms with Gasteiger partial charge >= 0.3 is 0 Å². The van der Waals surface area contributed by atoms with Crippen molar-refractivity contribution in [3.63, 3.8) is 0 Å². The molecule has 17 heavy (non-hydrogen) atoms. The van der Waals surface area contributed by atoms with Gasteiger partial charge in [-0.1, -0.05) is 39.5 Å². The van der Waals surface area contributed by atoms with Gasteiger partial charge in [0.15, 0.2) is 0 Å². The maximum absolute atomic E-state index is 3.58. The number of nitrogens with one attached hydrogen (secondary N) is 1. The van der Waals surface area contributed by atoms with Crippen molar-refractivity contribution in [2.45, 2.75) is 58.8 Å². The molecule has 0 amide bonds. The Labute approximate surface area is 108 Å². The lowest BCUT2D eigenvalue weighted by Gasteiger charge is -2.30. The zero-order valence-corrected chi connectivity index (χ0v) is 12.0. The number of rotatable bonds is 9. The summed E-state index contributed by atoms with van der Waals surface area (Å²) < 4.78 is 0. The molecule has 1 heterocycles.